The second kappa shape index (κ2) is 9.53. The fourth-order valence-electron chi connectivity index (χ4n) is 3.05. The van der Waals surface area contributed by atoms with Crippen LogP contribution < -0.4 is 14.8 Å². The molecule has 1 N–H and O–H groups in total. The Kier molecular flexibility index (Phi) is 6.17. The minimum atomic E-state index is -0.212. The van der Waals surface area contributed by atoms with Crippen LogP contribution >= 0.6 is 0 Å². The summed E-state index contributed by atoms with van der Waals surface area (Å²) in [6, 6.07) is 11.2. The molecule has 10 nitrogen and oxygen atoms in total. The highest BCUT2D eigenvalue weighted by Gasteiger charge is 2.12. The van der Waals surface area contributed by atoms with E-state index in [9.17, 15) is 5.26 Å². The van der Waals surface area contributed by atoms with Gasteiger partial charge in [-0.2, -0.15) is 10.4 Å². The normalized spacial score (nSPS) is 11.4. The van der Waals surface area contributed by atoms with E-state index >= 15 is 0 Å². The molecule has 0 aliphatic rings. The highest BCUT2D eigenvalue weighted by atomic mass is 16.5. The molecule has 0 saturated heterocycles. The van der Waals surface area contributed by atoms with Gasteiger partial charge in [0.05, 0.1) is 19.2 Å². The van der Waals surface area contributed by atoms with Gasteiger partial charge in [-0.25, -0.2) is 24.6 Å². The lowest BCUT2D eigenvalue weighted by Gasteiger charge is -2.16. The molecule has 32 heavy (non-hydrogen) atoms. The molecule has 0 saturated carbocycles. The SMILES string of the molecule is COc1ncccc1Nc1ncc(-c2ccc(C#N)c(O[C@@H](C)Cn3cncn3)c2)cn1. The summed E-state index contributed by atoms with van der Waals surface area (Å²) in [7, 11) is 1.55. The van der Waals surface area contributed by atoms with Crippen molar-refractivity contribution >= 4 is 11.6 Å². The first-order chi connectivity index (χ1) is 15.7. The Morgan fingerprint density at radius 1 is 1.16 bits per heavy atom. The predicted octanol–water partition coefficient (Wildman–Crippen LogP) is 3.22. The number of ether oxygens (including phenoxy) is 2. The van der Waals surface area contributed by atoms with Crippen LogP contribution in [0.3, 0.4) is 0 Å². The minimum absolute atomic E-state index is 0.212. The molecule has 0 radical (unpaired) electrons. The molecule has 10 heteroatoms. The van der Waals surface area contributed by atoms with Crippen molar-refractivity contribution in [1.29, 1.82) is 5.26 Å². The molecule has 0 aliphatic carbocycles. The van der Waals surface area contributed by atoms with Crippen molar-refractivity contribution < 1.29 is 9.47 Å². The highest BCUT2D eigenvalue weighted by molar-refractivity contribution is 5.67. The Bertz CT molecular complexity index is 1220. The summed E-state index contributed by atoms with van der Waals surface area (Å²) in [4.78, 5) is 16.8. The number of anilines is 2. The number of benzene rings is 1. The lowest BCUT2D eigenvalue weighted by atomic mass is 10.1. The van der Waals surface area contributed by atoms with E-state index in [0.29, 0.717) is 35.4 Å². The van der Waals surface area contributed by atoms with Crippen LogP contribution in [0.1, 0.15) is 12.5 Å². The van der Waals surface area contributed by atoms with Gasteiger partial charge in [-0.1, -0.05) is 6.07 Å². The predicted molar refractivity (Wildman–Crippen MR) is 116 cm³/mol. The van der Waals surface area contributed by atoms with E-state index < -0.39 is 0 Å². The molecule has 1 atom stereocenters. The molecule has 0 amide bonds. The monoisotopic (exact) mass is 428 g/mol. The van der Waals surface area contributed by atoms with Crippen molar-refractivity contribution in [1.82, 2.24) is 29.7 Å². The maximum atomic E-state index is 9.46. The summed E-state index contributed by atoms with van der Waals surface area (Å²) >= 11 is 0. The lowest BCUT2D eigenvalue weighted by molar-refractivity contribution is 0.193. The molecule has 0 spiro atoms. The average molecular weight is 428 g/mol. The molecular weight excluding hydrogens is 408 g/mol. The van der Waals surface area contributed by atoms with E-state index in [4.69, 9.17) is 9.47 Å². The molecule has 4 rings (SSSR count). The van der Waals surface area contributed by atoms with Crippen LogP contribution in [0.25, 0.3) is 11.1 Å². The van der Waals surface area contributed by atoms with E-state index in [2.05, 4.69) is 36.4 Å². The molecule has 0 fully saturated rings. The van der Waals surface area contributed by atoms with Gasteiger partial charge in [0.2, 0.25) is 11.8 Å². The van der Waals surface area contributed by atoms with Gasteiger partial charge in [0.1, 0.15) is 36.3 Å². The molecule has 0 aliphatic heterocycles. The number of nitrogens with one attached hydrogen (secondary N) is 1. The van der Waals surface area contributed by atoms with E-state index in [0.717, 1.165) is 11.1 Å². The van der Waals surface area contributed by atoms with Crippen molar-refractivity contribution in [3.8, 4) is 28.8 Å². The van der Waals surface area contributed by atoms with Crippen LogP contribution in [0.15, 0.2) is 61.6 Å². The zero-order chi connectivity index (χ0) is 22.3. The second-order valence-electron chi connectivity index (χ2n) is 6.85. The van der Waals surface area contributed by atoms with Gasteiger partial charge in [-0.15, -0.1) is 0 Å². The Labute approximate surface area is 184 Å². The number of hydrogen-bond acceptors (Lipinski definition) is 9. The smallest absolute Gasteiger partial charge is 0.237 e. The van der Waals surface area contributed by atoms with Gasteiger partial charge in [-0.05, 0) is 36.8 Å². The number of hydrogen-bond donors (Lipinski definition) is 1. The van der Waals surface area contributed by atoms with Crippen LogP contribution in [0.2, 0.25) is 0 Å². The average Bonchev–Trinajstić information content (AvgIpc) is 3.33. The molecule has 1 aromatic carbocycles. The van der Waals surface area contributed by atoms with Gasteiger partial charge in [0, 0.05) is 24.2 Å². The molecule has 160 valence electrons. The number of methoxy groups -OCH3 is 1. The van der Waals surface area contributed by atoms with Crippen LogP contribution in [0.4, 0.5) is 11.6 Å². The third-order valence-electron chi connectivity index (χ3n) is 4.54. The van der Waals surface area contributed by atoms with Crippen molar-refractivity contribution in [2.45, 2.75) is 19.6 Å². The summed E-state index contributed by atoms with van der Waals surface area (Å²) in [5.74, 6) is 1.35. The fraction of sp³-hybridized carbons (Fsp3) is 0.182. The van der Waals surface area contributed by atoms with Crippen molar-refractivity contribution in [3.05, 3.63) is 67.1 Å². The van der Waals surface area contributed by atoms with Gasteiger partial charge >= 0.3 is 0 Å². The summed E-state index contributed by atoms with van der Waals surface area (Å²) in [6.45, 7) is 2.42. The maximum absolute atomic E-state index is 9.46. The number of pyridine rings is 1. The third kappa shape index (κ3) is 4.79. The molecule has 4 aromatic rings. The summed E-state index contributed by atoms with van der Waals surface area (Å²) in [6.07, 6.45) is 7.92. The first-order valence-corrected chi connectivity index (χ1v) is 9.78. The van der Waals surface area contributed by atoms with Crippen molar-refractivity contribution in [2.24, 2.45) is 0 Å². The van der Waals surface area contributed by atoms with Crippen LogP contribution in [0.5, 0.6) is 11.6 Å². The Morgan fingerprint density at radius 2 is 2.00 bits per heavy atom. The lowest BCUT2D eigenvalue weighted by Crippen LogP contribution is -2.20. The number of nitriles is 1. The standard InChI is InChI=1S/C22H20N8O2/c1-15(12-30-14-24-13-28-30)32-20-8-16(5-6-17(20)9-23)18-10-26-22(27-11-18)29-19-4-3-7-25-21(19)31-2/h3-8,10-11,13-15H,12H2,1-2H3,(H,26,27,29)/t15-/m0/s1. The molecule has 0 bridgehead atoms. The number of rotatable bonds is 8. The molecule has 0 unspecified atom stereocenters. The van der Waals surface area contributed by atoms with Crippen molar-refractivity contribution in [3.63, 3.8) is 0 Å². The van der Waals surface area contributed by atoms with Gasteiger partial charge in [-0.3, -0.25) is 0 Å². The summed E-state index contributed by atoms with van der Waals surface area (Å²) in [5.41, 5.74) is 2.73. The first kappa shape index (κ1) is 20.7. The van der Waals surface area contributed by atoms with E-state index in [1.165, 1.54) is 6.33 Å². The Hall–Kier alpha value is -4.52. The van der Waals surface area contributed by atoms with Crippen molar-refractivity contribution in [2.75, 3.05) is 12.4 Å². The Morgan fingerprint density at radius 3 is 2.72 bits per heavy atom. The van der Waals surface area contributed by atoms with Gasteiger partial charge in [0.25, 0.3) is 0 Å². The largest absolute Gasteiger partial charge is 0.487 e. The number of aromatic nitrogens is 6. The molecule has 3 heterocycles. The second-order valence-corrected chi connectivity index (χ2v) is 6.85. The van der Waals surface area contributed by atoms with Crippen LogP contribution in [-0.4, -0.2) is 42.9 Å². The quantitative estimate of drug-likeness (QED) is 0.450. The third-order valence-corrected chi connectivity index (χ3v) is 4.54. The summed E-state index contributed by atoms with van der Waals surface area (Å²) in [5, 5.41) is 16.6. The fourth-order valence-corrected chi connectivity index (χ4v) is 3.05. The zero-order valence-electron chi connectivity index (χ0n) is 17.5. The molecule has 3 aromatic heterocycles. The van der Waals surface area contributed by atoms with Crippen LogP contribution in [-0.2, 0) is 6.54 Å². The topological polar surface area (TPSA) is 124 Å². The maximum Gasteiger partial charge on any atom is 0.237 e. The van der Waals surface area contributed by atoms with E-state index in [1.54, 1.807) is 48.8 Å². The van der Waals surface area contributed by atoms with Gasteiger partial charge in [0.15, 0.2) is 0 Å². The van der Waals surface area contributed by atoms with E-state index in [-0.39, 0.29) is 6.10 Å². The molecular formula is C22H20N8O2. The Balaban J connectivity index is 1.52. The zero-order valence-corrected chi connectivity index (χ0v) is 17.5. The first-order valence-electron chi connectivity index (χ1n) is 9.78. The highest BCUT2D eigenvalue weighted by Crippen LogP contribution is 2.28. The number of nitrogens with zero attached hydrogens (tertiary/aromatic N) is 7. The van der Waals surface area contributed by atoms with E-state index in [1.807, 2.05) is 25.1 Å². The summed E-state index contributed by atoms with van der Waals surface area (Å²) < 4.78 is 12.9. The van der Waals surface area contributed by atoms with Crippen LogP contribution in [0, 0.1) is 11.3 Å². The van der Waals surface area contributed by atoms with Gasteiger partial charge < -0.3 is 14.8 Å². The minimum Gasteiger partial charge on any atom is -0.487 e.